The van der Waals surface area contributed by atoms with Crippen molar-refractivity contribution in [2.24, 2.45) is 0 Å². The van der Waals surface area contributed by atoms with Crippen molar-refractivity contribution < 1.29 is 9.59 Å². The molecule has 0 bridgehead atoms. The predicted octanol–water partition coefficient (Wildman–Crippen LogP) is 4.09. The van der Waals surface area contributed by atoms with Crippen LogP contribution in [0.5, 0.6) is 0 Å². The van der Waals surface area contributed by atoms with Gasteiger partial charge in [0.25, 0.3) is 5.91 Å². The fourth-order valence-corrected chi connectivity index (χ4v) is 3.63. The van der Waals surface area contributed by atoms with E-state index in [0.29, 0.717) is 23.5 Å². The standard InChI is InChI=1S/C25H26N6O2/c1-3-13-31(25(33)18-5-4-12-27-15-18)16(2)24(32)28-20-9-6-17(7-10-20)23-29-21-11-8-19(26)14-22(21)30-23/h4-12,14-16H,3,13,26H2,1-2H3,(H,28,32)(H,29,30)/t16-/m0/s1. The summed E-state index contributed by atoms with van der Waals surface area (Å²) < 4.78 is 0. The van der Waals surface area contributed by atoms with Crippen LogP contribution in [0.25, 0.3) is 22.4 Å². The second kappa shape index (κ2) is 9.52. The van der Waals surface area contributed by atoms with Gasteiger partial charge in [-0.25, -0.2) is 4.98 Å². The largest absolute Gasteiger partial charge is 0.399 e. The van der Waals surface area contributed by atoms with Gasteiger partial charge in [0.2, 0.25) is 5.91 Å². The SMILES string of the molecule is CCCN(C(=O)c1cccnc1)[C@@H](C)C(=O)Nc1ccc(-c2nc3ccc(N)cc3[nH]2)cc1. The van der Waals surface area contributed by atoms with Gasteiger partial charge < -0.3 is 20.9 Å². The fraction of sp³-hybridized carbons (Fsp3) is 0.200. The summed E-state index contributed by atoms with van der Waals surface area (Å²) in [5, 5.41) is 2.90. The molecule has 0 aliphatic heterocycles. The third-order valence-electron chi connectivity index (χ3n) is 5.41. The molecule has 1 atom stereocenters. The summed E-state index contributed by atoms with van der Waals surface area (Å²) in [5.41, 5.74) is 10.2. The van der Waals surface area contributed by atoms with Gasteiger partial charge in [-0.15, -0.1) is 0 Å². The van der Waals surface area contributed by atoms with Crippen molar-refractivity contribution in [1.29, 1.82) is 0 Å². The van der Waals surface area contributed by atoms with Crippen molar-refractivity contribution in [1.82, 2.24) is 19.9 Å². The number of hydrogen-bond donors (Lipinski definition) is 3. The van der Waals surface area contributed by atoms with Crippen molar-refractivity contribution in [2.75, 3.05) is 17.6 Å². The Kier molecular flexibility index (Phi) is 6.35. The highest BCUT2D eigenvalue weighted by molar-refractivity contribution is 6.01. The maximum atomic E-state index is 12.9. The number of amides is 2. The van der Waals surface area contributed by atoms with E-state index in [1.807, 2.05) is 49.4 Å². The lowest BCUT2D eigenvalue weighted by Gasteiger charge is -2.28. The summed E-state index contributed by atoms with van der Waals surface area (Å²) in [6.45, 7) is 4.17. The second-order valence-electron chi connectivity index (χ2n) is 7.84. The molecule has 0 radical (unpaired) electrons. The van der Waals surface area contributed by atoms with Crippen LogP contribution in [-0.4, -0.2) is 44.3 Å². The number of fused-ring (bicyclic) bond motifs is 1. The van der Waals surface area contributed by atoms with Crippen molar-refractivity contribution in [3.05, 3.63) is 72.6 Å². The first-order chi connectivity index (χ1) is 16.0. The van der Waals surface area contributed by atoms with Crippen LogP contribution in [-0.2, 0) is 4.79 Å². The Labute approximate surface area is 191 Å². The Bertz CT molecular complexity index is 1270. The van der Waals surface area contributed by atoms with Crippen molar-refractivity contribution in [2.45, 2.75) is 26.3 Å². The van der Waals surface area contributed by atoms with Crippen LogP contribution in [0.3, 0.4) is 0 Å². The van der Waals surface area contributed by atoms with Gasteiger partial charge >= 0.3 is 0 Å². The summed E-state index contributed by atoms with van der Waals surface area (Å²) in [6, 6.07) is 15.7. The minimum absolute atomic E-state index is 0.214. The number of anilines is 2. The van der Waals surface area contributed by atoms with Crippen LogP contribution < -0.4 is 11.1 Å². The Morgan fingerprint density at radius 3 is 2.64 bits per heavy atom. The number of nitrogens with two attached hydrogens (primary N) is 1. The van der Waals surface area contributed by atoms with E-state index < -0.39 is 6.04 Å². The molecule has 0 saturated carbocycles. The van der Waals surface area contributed by atoms with Gasteiger partial charge in [0, 0.05) is 35.9 Å². The van der Waals surface area contributed by atoms with Gasteiger partial charge in [0.1, 0.15) is 11.9 Å². The van der Waals surface area contributed by atoms with Crippen LogP contribution in [0.2, 0.25) is 0 Å². The molecular weight excluding hydrogens is 416 g/mol. The topological polar surface area (TPSA) is 117 Å². The van der Waals surface area contributed by atoms with Gasteiger partial charge in [-0.05, 0) is 67.9 Å². The average molecular weight is 443 g/mol. The smallest absolute Gasteiger partial charge is 0.256 e. The minimum Gasteiger partial charge on any atom is -0.399 e. The van der Waals surface area contributed by atoms with E-state index in [1.165, 1.54) is 6.20 Å². The molecule has 0 spiro atoms. The molecule has 8 nitrogen and oxygen atoms in total. The Hall–Kier alpha value is -4.20. The molecule has 33 heavy (non-hydrogen) atoms. The van der Waals surface area contributed by atoms with E-state index >= 15 is 0 Å². The van der Waals surface area contributed by atoms with E-state index in [9.17, 15) is 9.59 Å². The molecule has 2 heterocycles. The number of nitrogens with one attached hydrogen (secondary N) is 2. The number of aromatic amines is 1. The zero-order chi connectivity index (χ0) is 23.4. The lowest BCUT2D eigenvalue weighted by atomic mass is 10.1. The zero-order valence-electron chi connectivity index (χ0n) is 18.6. The minimum atomic E-state index is -0.641. The lowest BCUT2D eigenvalue weighted by molar-refractivity contribution is -0.120. The van der Waals surface area contributed by atoms with Crippen molar-refractivity contribution >= 4 is 34.2 Å². The van der Waals surface area contributed by atoms with E-state index in [-0.39, 0.29) is 11.8 Å². The summed E-state index contributed by atoms with van der Waals surface area (Å²) in [5.74, 6) is 0.249. The molecule has 0 saturated heterocycles. The number of aromatic nitrogens is 3. The van der Waals surface area contributed by atoms with Crippen LogP contribution in [0.1, 0.15) is 30.6 Å². The molecule has 2 amide bonds. The van der Waals surface area contributed by atoms with Crippen LogP contribution in [0, 0.1) is 0 Å². The highest BCUT2D eigenvalue weighted by Gasteiger charge is 2.26. The molecule has 0 aliphatic rings. The average Bonchev–Trinajstić information content (AvgIpc) is 3.26. The van der Waals surface area contributed by atoms with Gasteiger partial charge in [0.15, 0.2) is 0 Å². The maximum absolute atomic E-state index is 12.9. The normalized spacial score (nSPS) is 11.8. The molecule has 168 valence electrons. The first-order valence-corrected chi connectivity index (χ1v) is 10.8. The van der Waals surface area contributed by atoms with Gasteiger partial charge in [-0.2, -0.15) is 0 Å². The van der Waals surface area contributed by atoms with Gasteiger partial charge in [-0.3, -0.25) is 14.6 Å². The highest BCUT2D eigenvalue weighted by atomic mass is 16.2. The van der Waals surface area contributed by atoms with Crippen LogP contribution in [0.4, 0.5) is 11.4 Å². The van der Waals surface area contributed by atoms with Gasteiger partial charge in [-0.1, -0.05) is 6.92 Å². The Balaban J connectivity index is 1.47. The number of imidazole rings is 1. The Morgan fingerprint density at radius 2 is 1.94 bits per heavy atom. The second-order valence-corrected chi connectivity index (χ2v) is 7.84. The fourth-order valence-electron chi connectivity index (χ4n) is 3.63. The number of carbonyl (C=O) groups excluding carboxylic acids is 2. The van der Waals surface area contributed by atoms with E-state index in [2.05, 4.69) is 20.3 Å². The molecule has 4 aromatic rings. The number of hydrogen-bond acceptors (Lipinski definition) is 5. The number of rotatable bonds is 7. The third-order valence-corrected chi connectivity index (χ3v) is 5.41. The summed E-state index contributed by atoms with van der Waals surface area (Å²) in [7, 11) is 0. The third kappa shape index (κ3) is 4.85. The monoisotopic (exact) mass is 442 g/mol. The number of carbonyl (C=O) groups is 2. The van der Waals surface area contributed by atoms with E-state index in [1.54, 1.807) is 30.2 Å². The molecule has 2 aromatic heterocycles. The highest BCUT2D eigenvalue weighted by Crippen LogP contribution is 2.23. The first kappa shape index (κ1) is 22.0. The summed E-state index contributed by atoms with van der Waals surface area (Å²) >= 11 is 0. The predicted molar refractivity (Wildman–Crippen MR) is 130 cm³/mol. The van der Waals surface area contributed by atoms with Crippen molar-refractivity contribution in [3.8, 4) is 11.4 Å². The first-order valence-electron chi connectivity index (χ1n) is 10.8. The van der Waals surface area contributed by atoms with Crippen molar-refractivity contribution in [3.63, 3.8) is 0 Å². The molecular formula is C25H26N6O2. The number of nitrogen functional groups attached to an aromatic ring is 1. The molecule has 4 rings (SSSR count). The zero-order valence-corrected chi connectivity index (χ0v) is 18.6. The number of pyridine rings is 1. The van der Waals surface area contributed by atoms with Crippen LogP contribution in [0.15, 0.2) is 67.0 Å². The quantitative estimate of drug-likeness (QED) is 0.373. The molecule has 0 unspecified atom stereocenters. The lowest BCUT2D eigenvalue weighted by Crippen LogP contribution is -2.46. The molecule has 4 N–H and O–H groups in total. The summed E-state index contributed by atoms with van der Waals surface area (Å²) in [4.78, 5) is 39.3. The maximum Gasteiger partial charge on any atom is 0.256 e. The number of H-pyrrole nitrogens is 1. The van der Waals surface area contributed by atoms with Gasteiger partial charge in [0.05, 0.1) is 16.6 Å². The number of benzene rings is 2. The van der Waals surface area contributed by atoms with Crippen LogP contribution >= 0.6 is 0 Å². The molecule has 0 fully saturated rings. The Morgan fingerprint density at radius 1 is 1.15 bits per heavy atom. The molecule has 2 aromatic carbocycles. The van der Waals surface area contributed by atoms with E-state index in [4.69, 9.17) is 5.73 Å². The number of nitrogens with zero attached hydrogens (tertiary/aromatic N) is 3. The molecule has 0 aliphatic carbocycles. The molecule has 8 heteroatoms. The summed E-state index contributed by atoms with van der Waals surface area (Å²) in [6.07, 6.45) is 3.86. The van der Waals surface area contributed by atoms with E-state index in [0.717, 1.165) is 28.8 Å².